The summed E-state index contributed by atoms with van der Waals surface area (Å²) < 4.78 is 34.4. The van der Waals surface area contributed by atoms with Crippen molar-refractivity contribution in [1.82, 2.24) is 14.9 Å². The van der Waals surface area contributed by atoms with Crippen LogP contribution in [-0.2, 0) is 30.0 Å². The van der Waals surface area contributed by atoms with Gasteiger partial charge in [0.15, 0.2) is 10.6 Å². The fraction of sp³-hybridized carbons (Fsp3) is 0.296. The minimum absolute atomic E-state index is 0.0343. The van der Waals surface area contributed by atoms with Gasteiger partial charge in [0.1, 0.15) is 11.8 Å². The number of halogens is 1. The van der Waals surface area contributed by atoms with Gasteiger partial charge in [0, 0.05) is 49.4 Å². The Morgan fingerprint density at radius 2 is 1.85 bits per heavy atom. The zero-order chi connectivity index (χ0) is 28.8. The number of likely N-dealkylation sites (tertiary alicyclic amines) is 1. The predicted molar refractivity (Wildman–Crippen MR) is 145 cm³/mol. The van der Waals surface area contributed by atoms with E-state index in [0.29, 0.717) is 4.31 Å². The summed E-state index contributed by atoms with van der Waals surface area (Å²) in [5.41, 5.74) is -1.46. The number of β-amino-alcohol motifs (C(OH)–C–C–N with tert-alkyl or cyclic N) is 1. The Morgan fingerprint density at radius 1 is 1.12 bits per heavy atom. The third-order valence-corrected chi connectivity index (χ3v) is 8.80. The number of carbonyl (C=O) groups is 2. The second-order valence-electron chi connectivity index (χ2n) is 9.60. The van der Waals surface area contributed by atoms with Crippen molar-refractivity contribution in [3.05, 3.63) is 83.0 Å². The van der Waals surface area contributed by atoms with Crippen LogP contribution in [-0.4, -0.2) is 80.2 Å². The number of hydrogen-bond acceptors (Lipinski definition) is 10. The second kappa shape index (κ2) is 10.5. The van der Waals surface area contributed by atoms with Crippen LogP contribution in [0.25, 0.3) is 0 Å². The van der Waals surface area contributed by atoms with Crippen molar-refractivity contribution in [3.63, 3.8) is 0 Å². The van der Waals surface area contributed by atoms with Crippen molar-refractivity contribution < 1.29 is 32.7 Å². The summed E-state index contributed by atoms with van der Waals surface area (Å²) in [7, 11) is -0.0601. The summed E-state index contributed by atoms with van der Waals surface area (Å²) in [4.78, 5) is 39.1. The first-order chi connectivity index (χ1) is 19.0. The van der Waals surface area contributed by atoms with E-state index >= 15 is 0 Å². The first-order valence-corrected chi connectivity index (χ1v) is 14.1. The van der Waals surface area contributed by atoms with E-state index < -0.39 is 39.6 Å². The predicted octanol–water partition coefficient (Wildman–Crippen LogP) is 2.18. The fourth-order valence-electron chi connectivity index (χ4n) is 5.46. The zero-order valence-electron chi connectivity index (χ0n) is 21.9. The summed E-state index contributed by atoms with van der Waals surface area (Å²) in [6, 6.07) is 14.3. The van der Waals surface area contributed by atoms with E-state index in [1.807, 2.05) is 0 Å². The van der Waals surface area contributed by atoms with Gasteiger partial charge in [-0.1, -0.05) is 35.9 Å². The topological polar surface area (TPSA) is 130 Å². The van der Waals surface area contributed by atoms with Crippen molar-refractivity contribution in [2.45, 2.75) is 29.1 Å². The SMILES string of the molecule is COc1ccccc1C1(N2C[C@H](O)C[C@H]2C(=O)ON(C)C)C(=O)N(S(=O)(=O)c2ccccn2)c2ccc(Cl)cc21. The number of aromatic nitrogens is 1. The largest absolute Gasteiger partial charge is 0.496 e. The number of methoxy groups -OCH3 is 1. The molecule has 2 aromatic carbocycles. The van der Waals surface area contributed by atoms with Crippen LogP contribution in [0.4, 0.5) is 5.69 Å². The highest BCUT2D eigenvalue weighted by Crippen LogP contribution is 2.54. The monoisotopic (exact) mass is 586 g/mol. The summed E-state index contributed by atoms with van der Waals surface area (Å²) in [6.07, 6.45) is 0.233. The standard InChI is InChI=1S/C27H27ClN4O7S/c1-30(2)39-25(34)22-15-18(33)16-31(22)27(19-8-4-5-9-23(19)38-3)20-14-17(28)11-12-21(20)32(26(27)35)40(36,37)24-10-6-7-13-29-24/h4-14,18,22,33H,15-16H2,1-3H3/t18-,22+,27?/m1/s1. The molecular weight excluding hydrogens is 560 g/mol. The number of sulfonamides is 1. The summed E-state index contributed by atoms with van der Waals surface area (Å²) in [5, 5.41) is 11.9. The van der Waals surface area contributed by atoms with Gasteiger partial charge in [-0.05, 0) is 36.4 Å². The van der Waals surface area contributed by atoms with Crippen molar-refractivity contribution in [2.75, 3.05) is 32.1 Å². The number of fused-ring (bicyclic) bond motifs is 1. The van der Waals surface area contributed by atoms with Gasteiger partial charge in [-0.25, -0.2) is 9.78 Å². The number of rotatable bonds is 7. The lowest BCUT2D eigenvalue weighted by atomic mass is 9.81. The molecule has 1 amide bonds. The molecule has 0 saturated carbocycles. The van der Waals surface area contributed by atoms with Gasteiger partial charge in [-0.3, -0.25) is 9.69 Å². The van der Waals surface area contributed by atoms with Crippen molar-refractivity contribution in [3.8, 4) is 5.75 Å². The molecule has 2 aliphatic heterocycles. The Kier molecular flexibility index (Phi) is 7.31. The van der Waals surface area contributed by atoms with Crippen LogP contribution >= 0.6 is 11.6 Å². The smallest absolute Gasteiger partial charge is 0.342 e. The fourth-order valence-corrected chi connectivity index (χ4v) is 7.04. The molecule has 40 heavy (non-hydrogen) atoms. The third kappa shape index (κ3) is 4.32. The molecule has 0 spiro atoms. The average molecular weight is 587 g/mol. The minimum Gasteiger partial charge on any atom is -0.496 e. The Morgan fingerprint density at radius 3 is 2.52 bits per heavy atom. The molecule has 1 N–H and O–H groups in total. The highest BCUT2D eigenvalue weighted by molar-refractivity contribution is 7.93. The number of amides is 1. The average Bonchev–Trinajstić information content (AvgIpc) is 3.44. The quantitative estimate of drug-likeness (QED) is 0.411. The van der Waals surface area contributed by atoms with Crippen LogP contribution in [0, 0.1) is 0 Å². The highest BCUT2D eigenvalue weighted by atomic mass is 35.5. The number of carbonyl (C=O) groups excluding carboxylic acids is 2. The number of hydrogen-bond donors (Lipinski definition) is 1. The number of para-hydroxylation sites is 1. The number of ether oxygens (including phenoxy) is 1. The number of hydroxylamine groups is 2. The summed E-state index contributed by atoms with van der Waals surface area (Å²) in [5.74, 6) is -1.37. The molecule has 2 aliphatic rings. The molecule has 5 rings (SSSR count). The van der Waals surface area contributed by atoms with Gasteiger partial charge in [-0.2, -0.15) is 12.7 Å². The van der Waals surface area contributed by atoms with Crippen LogP contribution in [0.2, 0.25) is 5.02 Å². The van der Waals surface area contributed by atoms with Gasteiger partial charge in [0.05, 0.1) is 18.9 Å². The molecule has 3 aromatic rings. The van der Waals surface area contributed by atoms with Gasteiger partial charge >= 0.3 is 5.97 Å². The Hall–Kier alpha value is -3.55. The summed E-state index contributed by atoms with van der Waals surface area (Å²) in [6.45, 7) is -0.152. The Labute approximate surface area is 236 Å². The molecule has 0 aliphatic carbocycles. The molecular formula is C27H27ClN4O7S. The summed E-state index contributed by atoms with van der Waals surface area (Å²) >= 11 is 6.45. The van der Waals surface area contributed by atoms with E-state index in [4.69, 9.17) is 21.2 Å². The molecule has 1 aromatic heterocycles. The zero-order valence-corrected chi connectivity index (χ0v) is 23.5. The van der Waals surface area contributed by atoms with E-state index in [0.717, 1.165) is 0 Å². The number of benzene rings is 2. The number of nitrogens with zero attached hydrogens (tertiary/aromatic N) is 4. The van der Waals surface area contributed by atoms with E-state index in [2.05, 4.69) is 4.98 Å². The van der Waals surface area contributed by atoms with Crippen LogP contribution < -0.4 is 9.04 Å². The lowest BCUT2D eigenvalue weighted by Gasteiger charge is -2.41. The minimum atomic E-state index is -4.54. The van der Waals surface area contributed by atoms with Crippen LogP contribution in [0.3, 0.4) is 0 Å². The van der Waals surface area contributed by atoms with Crippen LogP contribution in [0.1, 0.15) is 17.5 Å². The number of aliphatic hydroxyl groups excluding tert-OH is 1. The van der Waals surface area contributed by atoms with Crippen molar-refractivity contribution >= 4 is 39.2 Å². The van der Waals surface area contributed by atoms with Crippen LogP contribution in [0.5, 0.6) is 5.75 Å². The molecule has 210 valence electrons. The normalized spacial score (nSPS) is 22.9. The number of pyridine rings is 1. The first kappa shape index (κ1) is 28.0. The second-order valence-corrected chi connectivity index (χ2v) is 11.8. The Balaban J connectivity index is 1.85. The van der Waals surface area contributed by atoms with Gasteiger partial charge < -0.3 is 14.7 Å². The molecule has 0 radical (unpaired) electrons. The maximum absolute atomic E-state index is 14.9. The Bertz CT molecular complexity index is 1570. The van der Waals surface area contributed by atoms with Gasteiger partial charge in [0.2, 0.25) is 0 Å². The molecule has 1 unspecified atom stereocenters. The van der Waals surface area contributed by atoms with Crippen molar-refractivity contribution in [1.29, 1.82) is 0 Å². The number of anilines is 1. The van der Waals surface area contributed by atoms with Gasteiger partial charge in [-0.15, -0.1) is 5.06 Å². The molecule has 3 heterocycles. The third-order valence-electron chi connectivity index (χ3n) is 6.95. The lowest BCUT2D eigenvalue weighted by Crippen LogP contribution is -2.58. The maximum Gasteiger partial charge on any atom is 0.342 e. The molecule has 1 fully saturated rings. The van der Waals surface area contributed by atoms with Crippen LogP contribution in [0.15, 0.2) is 71.9 Å². The molecule has 3 atom stereocenters. The lowest BCUT2D eigenvalue weighted by molar-refractivity contribution is -0.185. The molecule has 13 heteroatoms. The van der Waals surface area contributed by atoms with E-state index in [1.165, 1.54) is 67.7 Å². The van der Waals surface area contributed by atoms with E-state index in [1.54, 1.807) is 30.3 Å². The number of aliphatic hydroxyl groups is 1. The first-order valence-electron chi connectivity index (χ1n) is 12.3. The van der Waals surface area contributed by atoms with Gasteiger partial charge in [0.25, 0.3) is 15.9 Å². The molecule has 0 bridgehead atoms. The van der Waals surface area contributed by atoms with E-state index in [9.17, 15) is 23.1 Å². The molecule has 11 nitrogen and oxygen atoms in total. The molecule has 1 saturated heterocycles. The van der Waals surface area contributed by atoms with Crippen molar-refractivity contribution in [2.24, 2.45) is 0 Å². The highest BCUT2D eigenvalue weighted by Gasteiger charge is 2.64. The maximum atomic E-state index is 14.9. The van der Waals surface area contributed by atoms with E-state index in [-0.39, 0.29) is 45.6 Å².